The quantitative estimate of drug-likeness (QED) is 0.651. The Labute approximate surface area is 167 Å². The number of carboxylic acid groups (broad SMARTS) is 1. The Morgan fingerprint density at radius 3 is 2.19 bits per heavy atom. The van der Waals surface area contributed by atoms with Crippen LogP contribution in [0.4, 0.5) is 5.13 Å². The molecule has 1 heterocycles. The molecule has 0 amide bonds. The van der Waals surface area contributed by atoms with Crippen LogP contribution in [0.5, 0.6) is 0 Å². The third-order valence-electron chi connectivity index (χ3n) is 2.78. The fourth-order valence-electron chi connectivity index (χ4n) is 1.87. The van der Waals surface area contributed by atoms with Crippen molar-refractivity contribution in [2.75, 3.05) is 11.0 Å². The molecule has 0 aliphatic rings. The van der Waals surface area contributed by atoms with Crippen LogP contribution in [0.3, 0.4) is 0 Å². The Morgan fingerprint density at radius 1 is 1.19 bits per heavy atom. The van der Waals surface area contributed by atoms with Gasteiger partial charge < -0.3 is 5.11 Å². The highest BCUT2D eigenvalue weighted by atomic mass is 35.5. The zero-order valence-corrected chi connectivity index (χ0v) is 17.4. The molecule has 2 aromatic rings. The highest BCUT2D eigenvalue weighted by Crippen LogP contribution is 2.35. The lowest BCUT2D eigenvalue weighted by Gasteiger charge is -2.09. The van der Waals surface area contributed by atoms with Gasteiger partial charge in [0, 0.05) is 11.3 Å². The molecule has 0 aliphatic carbocycles. The lowest BCUT2D eigenvalue weighted by Crippen LogP contribution is -2.14. The molecule has 0 unspecified atom stereocenters. The fourth-order valence-corrected chi connectivity index (χ4v) is 6.88. The lowest BCUT2D eigenvalue weighted by molar-refractivity contribution is -0.136. The highest BCUT2D eigenvalue weighted by molar-refractivity contribution is 7.93. The number of thiazole rings is 1. The van der Waals surface area contributed by atoms with E-state index in [4.69, 9.17) is 39.9 Å². The van der Waals surface area contributed by atoms with Gasteiger partial charge in [-0.2, -0.15) is 0 Å². The number of aromatic nitrogens is 1. The summed E-state index contributed by atoms with van der Waals surface area (Å²) in [5, 5.41) is 7.64. The molecule has 0 saturated carbocycles. The zero-order valence-electron chi connectivity index (χ0n) is 12.7. The second kappa shape index (κ2) is 7.49. The summed E-state index contributed by atoms with van der Waals surface area (Å²) in [6, 6.07) is 2.34. The maximum atomic E-state index is 12.5. The Bertz CT molecular complexity index is 1070. The first-order valence-corrected chi connectivity index (χ1v) is 11.7. The summed E-state index contributed by atoms with van der Waals surface area (Å²) in [5.41, 5.74) is 0. The molecule has 0 radical (unpaired) electrons. The smallest absolute Gasteiger partial charge is 0.308 e. The summed E-state index contributed by atoms with van der Waals surface area (Å²) in [6.45, 7) is 0. The standard InChI is InChI=1S/C12H9Cl3N2O6S3/c1-25(20,21)11-8(4-9(18)19)24-12(16-11)17-26(22,23)10-6(14)2-5(13)3-7(10)15/h2-3H,4H2,1H3,(H,16,17)(H,18,19). The lowest BCUT2D eigenvalue weighted by atomic mass is 10.4. The second-order valence-electron chi connectivity index (χ2n) is 4.89. The average molecular weight is 480 g/mol. The van der Waals surface area contributed by atoms with Crippen LogP contribution in [0.25, 0.3) is 0 Å². The molecule has 2 rings (SSSR count). The van der Waals surface area contributed by atoms with Crippen LogP contribution in [0.2, 0.25) is 15.1 Å². The molecule has 14 heteroatoms. The molecule has 0 spiro atoms. The van der Waals surface area contributed by atoms with Crippen molar-refractivity contribution in [3.8, 4) is 0 Å². The van der Waals surface area contributed by atoms with E-state index in [2.05, 4.69) is 9.71 Å². The zero-order chi connectivity index (χ0) is 19.9. The number of anilines is 1. The maximum absolute atomic E-state index is 12.5. The maximum Gasteiger partial charge on any atom is 0.308 e. The Kier molecular flexibility index (Phi) is 6.10. The number of sulfone groups is 1. The van der Waals surface area contributed by atoms with Gasteiger partial charge in [-0.1, -0.05) is 46.1 Å². The second-order valence-corrected chi connectivity index (χ2v) is 10.8. The number of nitrogens with zero attached hydrogens (tertiary/aromatic N) is 1. The van der Waals surface area contributed by atoms with Gasteiger partial charge in [0.05, 0.1) is 21.3 Å². The average Bonchev–Trinajstić information content (AvgIpc) is 2.77. The van der Waals surface area contributed by atoms with Gasteiger partial charge in [0.15, 0.2) is 20.0 Å². The molecule has 0 aliphatic heterocycles. The number of hydrogen-bond acceptors (Lipinski definition) is 7. The van der Waals surface area contributed by atoms with E-state index in [0.717, 1.165) is 6.26 Å². The molecule has 142 valence electrons. The number of halogens is 3. The first-order valence-electron chi connectivity index (χ1n) is 6.40. The molecule has 0 saturated heterocycles. The first kappa shape index (κ1) is 21.2. The van der Waals surface area contributed by atoms with Crippen molar-refractivity contribution in [2.45, 2.75) is 16.3 Å². The molecular weight excluding hydrogens is 471 g/mol. The first-order chi connectivity index (χ1) is 11.8. The number of rotatable bonds is 6. The Morgan fingerprint density at radius 2 is 1.73 bits per heavy atom. The molecule has 0 fully saturated rings. The Hall–Kier alpha value is -1.11. The summed E-state index contributed by atoms with van der Waals surface area (Å²) in [5.74, 6) is -1.29. The van der Waals surface area contributed by atoms with E-state index in [-0.39, 0.29) is 25.1 Å². The van der Waals surface area contributed by atoms with E-state index in [1.54, 1.807) is 0 Å². The highest BCUT2D eigenvalue weighted by Gasteiger charge is 2.27. The largest absolute Gasteiger partial charge is 0.481 e. The van der Waals surface area contributed by atoms with E-state index in [9.17, 15) is 21.6 Å². The number of sulfonamides is 1. The van der Waals surface area contributed by atoms with Crippen molar-refractivity contribution >= 4 is 77.1 Å². The normalized spacial score (nSPS) is 12.2. The van der Waals surface area contributed by atoms with Crippen molar-refractivity contribution < 1.29 is 26.7 Å². The number of aliphatic carboxylic acids is 1. The number of carbonyl (C=O) groups is 1. The predicted molar refractivity (Wildman–Crippen MR) is 98.8 cm³/mol. The van der Waals surface area contributed by atoms with Crippen molar-refractivity contribution in [3.05, 3.63) is 32.1 Å². The van der Waals surface area contributed by atoms with Gasteiger partial charge in [-0.3, -0.25) is 9.52 Å². The van der Waals surface area contributed by atoms with Crippen molar-refractivity contribution in [3.63, 3.8) is 0 Å². The van der Waals surface area contributed by atoms with Crippen LogP contribution in [0.1, 0.15) is 4.88 Å². The SMILES string of the molecule is CS(=O)(=O)c1nc(NS(=O)(=O)c2c(Cl)cc(Cl)cc2Cl)sc1CC(=O)O. The van der Waals surface area contributed by atoms with Gasteiger partial charge in [-0.05, 0) is 12.1 Å². The van der Waals surface area contributed by atoms with Crippen LogP contribution >= 0.6 is 46.1 Å². The molecule has 2 N–H and O–H groups in total. The molecule has 26 heavy (non-hydrogen) atoms. The molecule has 0 bridgehead atoms. The van der Waals surface area contributed by atoms with E-state index < -0.39 is 42.2 Å². The molecule has 0 atom stereocenters. The van der Waals surface area contributed by atoms with Crippen LogP contribution in [-0.2, 0) is 31.1 Å². The van der Waals surface area contributed by atoms with Gasteiger partial charge in [0.2, 0.25) is 0 Å². The van der Waals surface area contributed by atoms with E-state index in [1.165, 1.54) is 12.1 Å². The summed E-state index contributed by atoms with van der Waals surface area (Å²) >= 11 is 18.1. The van der Waals surface area contributed by atoms with Gasteiger partial charge in [-0.15, -0.1) is 0 Å². The van der Waals surface area contributed by atoms with Crippen molar-refractivity contribution in [1.82, 2.24) is 4.98 Å². The number of carboxylic acids is 1. The van der Waals surface area contributed by atoms with E-state index in [0.29, 0.717) is 11.3 Å². The molecule has 8 nitrogen and oxygen atoms in total. The van der Waals surface area contributed by atoms with Crippen molar-refractivity contribution in [1.29, 1.82) is 0 Å². The Balaban J connectivity index is 2.51. The third-order valence-corrected chi connectivity index (χ3v) is 7.53. The number of benzene rings is 1. The van der Waals surface area contributed by atoms with Crippen LogP contribution in [-0.4, -0.2) is 39.2 Å². The van der Waals surface area contributed by atoms with Crippen LogP contribution in [0, 0.1) is 0 Å². The van der Waals surface area contributed by atoms with Crippen molar-refractivity contribution in [2.24, 2.45) is 0 Å². The van der Waals surface area contributed by atoms with E-state index in [1.807, 2.05) is 0 Å². The minimum absolute atomic E-state index is 0.119. The van der Waals surface area contributed by atoms with Crippen LogP contribution < -0.4 is 4.72 Å². The van der Waals surface area contributed by atoms with Gasteiger partial charge in [0.25, 0.3) is 10.0 Å². The summed E-state index contributed by atoms with van der Waals surface area (Å²) in [4.78, 5) is 14.0. The summed E-state index contributed by atoms with van der Waals surface area (Å²) < 4.78 is 50.6. The monoisotopic (exact) mass is 478 g/mol. The van der Waals surface area contributed by atoms with Gasteiger partial charge in [-0.25, -0.2) is 21.8 Å². The summed E-state index contributed by atoms with van der Waals surface area (Å²) in [6.07, 6.45) is 0.197. The van der Waals surface area contributed by atoms with Crippen LogP contribution in [0.15, 0.2) is 22.1 Å². The van der Waals surface area contributed by atoms with Gasteiger partial charge >= 0.3 is 5.97 Å². The minimum atomic E-state index is -4.34. The summed E-state index contributed by atoms with van der Waals surface area (Å²) in [7, 11) is -8.20. The minimum Gasteiger partial charge on any atom is -0.481 e. The predicted octanol–water partition coefficient (Wildman–Crippen LogP) is 2.93. The molecule has 1 aromatic heterocycles. The fraction of sp³-hybridized carbons (Fsp3) is 0.167. The molecular formula is C12H9Cl3N2O6S3. The molecule has 1 aromatic carbocycles. The number of nitrogens with one attached hydrogen (secondary N) is 1. The topological polar surface area (TPSA) is 130 Å². The number of hydrogen-bond donors (Lipinski definition) is 2. The van der Waals surface area contributed by atoms with E-state index >= 15 is 0 Å². The third kappa shape index (κ3) is 4.78. The van der Waals surface area contributed by atoms with Gasteiger partial charge in [0.1, 0.15) is 4.90 Å².